The van der Waals surface area contributed by atoms with E-state index in [1.165, 1.54) is 0 Å². The van der Waals surface area contributed by atoms with Gasteiger partial charge in [-0.1, -0.05) is 48.5 Å². The largest absolute Gasteiger partial charge is 0.480 e. The van der Waals surface area contributed by atoms with Crippen molar-refractivity contribution in [3.8, 4) is 11.5 Å². The SMILES string of the molecule is O=C(O)CN(c1ccccc1)c1ccc(NCc2cccc(Oc3ccccc3)c2)cc1. The predicted octanol–water partition coefficient (Wildman–Crippen LogP) is 6.31. The number of carboxylic acid groups (broad SMARTS) is 1. The Morgan fingerprint density at radius 1 is 0.750 bits per heavy atom. The Bertz CT molecular complexity index is 1150. The van der Waals surface area contributed by atoms with E-state index in [2.05, 4.69) is 5.32 Å². The summed E-state index contributed by atoms with van der Waals surface area (Å²) in [5.41, 5.74) is 3.71. The molecule has 2 N–H and O–H groups in total. The van der Waals surface area contributed by atoms with Gasteiger partial charge in [-0.2, -0.15) is 0 Å². The second kappa shape index (κ2) is 10.2. The normalized spacial score (nSPS) is 10.4. The van der Waals surface area contributed by atoms with Crippen LogP contribution in [0.25, 0.3) is 0 Å². The lowest BCUT2D eigenvalue weighted by atomic mass is 10.2. The van der Waals surface area contributed by atoms with E-state index in [-0.39, 0.29) is 6.54 Å². The molecule has 4 aromatic rings. The average molecular weight is 425 g/mol. The van der Waals surface area contributed by atoms with Crippen molar-refractivity contribution in [2.75, 3.05) is 16.8 Å². The summed E-state index contributed by atoms with van der Waals surface area (Å²) in [6, 6.07) is 34.9. The zero-order valence-corrected chi connectivity index (χ0v) is 17.5. The molecule has 0 aromatic heterocycles. The average Bonchev–Trinajstić information content (AvgIpc) is 2.83. The summed E-state index contributed by atoms with van der Waals surface area (Å²) in [7, 11) is 0. The molecule has 160 valence electrons. The maximum Gasteiger partial charge on any atom is 0.323 e. The van der Waals surface area contributed by atoms with Crippen molar-refractivity contribution in [3.63, 3.8) is 0 Å². The van der Waals surface area contributed by atoms with E-state index in [0.717, 1.165) is 34.1 Å². The fraction of sp³-hybridized carbons (Fsp3) is 0.0741. The van der Waals surface area contributed by atoms with Gasteiger partial charge >= 0.3 is 5.97 Å². The molecule has 0 saturated carbocycles. The molecule has 0 radical (unpaired) electrons. The number of hydrogen-bond acceptors (Lipinski definition) is 4. The van der Waals surface area contributed by atoms with Gasteiger partial charge in [-0.15, -0.1) is 0 Å². The summed E-state index contributed by atoms with van der Waals surface area (Å²) in [4.78, 5) is 13.1. The number of aliphatic carboxylic acids is 1. The first-order chi connectivity index (χ1) is 15.7. The maximum atomic E-state index is 11.4. The molecule has 0 fully saturated rings. The van der Waals surface area contributed by atoms with Gasteiger partial charge in [0.2, 0.25) is 0 Å². The molecule has 0 aliphatic rings. The van der Waals surface area contributed by atoms with Crippen LogP contribution < -0.4 is 15.0 Å². The Labute approximate surface area is 187 Å². The molecule has 0 aliphatic carbocycles. The van der Waals surface area contributed by atoms with Crippen LogP contribution in [-0.4, -0.2) is 17.6 Å². The third kappa shape index (κ3) is 5.67. The number of ether oxygens (including phenoxy) is 1. The van der Waals surface area contributed by atoms with Crippen LogP contribution in [-0.2, 0) is 11.3 Å². The van der Waals surface area contributed by atoms with E-state index >= 15 is 0 Å². The van der Waals surface area contributed by atoms with Gasteiger partial charge in [0.25, 0.3) is 0 Å². The highest BCUT2D eigenvalue weighted by Crippen LogP contribution is 2.27. The molecule has 5 heteroatoms. The number of carboxylic acids is 1. The van der Waals surface area contributed by atoms with E-state index < -0.39 is 5.97 Å². The van der Waals surface area contributed by atoms with Gasteiger partial charge in [-0.05, 0) is 66.2 Å². The van der Waals surface area contributed by atoms with Crippen molar-refractivity contribution >= 4 is 23.0 Å². The van der Waals surface area contributed by atoms with Crippen molar-refractivity contribution in [1.82, 2.24) is 0 Å². The summed E-state index contributed by atoms with van der Waals surface area (Å²) in [5.74, 6) is 0.712. The number of nitrogens with one attached hydrogen (secondary N) is 1. The molecule has 0 unspecified atom stereocenters. The molecule has 5 nitrogen and oxygen atoms in total. The third-order valence-corrected chi connectivity index (χ3v) is 4.91. The predicted molar refractivity (Wildman–Crippen MR) is 128 cm³/mol. The van der Waals surface area contributed by atoms with E-state index in [0.29, 0.717) is 6.54 Å². The van der Waals surface area contributed by atoms with Crippen molar-refractivity contribution in [2.24, 2.45) is 0 Å². The van der Waals surface area contributed by atoms with Crippen molar-refractivity contribution in [2.45, 2.75) is 6.54 Å². The van der Waals surface area contributed by atoms with Gasteiger partial charge in [0.05, 0.1) is 0 Å². The van der Waals surface area contributed by atoms with Gasteiger partial charge < -0.3 is 20.1 Å². The summed E-state index contributed by atoms with van der Waals surface area (Å²) >= 11 is 0. The number of benzene rings is 4. The topological polar surface area (TPSA) is 61.8 Å². The molecule has 0 atom stereocenters. The minimum absolute atomic E-state index is 0.106. The molecule has 32 heavy (non-hydrogen) atoms. The van der Waals surface area contributed by atoms with Gasteiger partial charge in [0.1, 0.15) is 18.0 Å². The lowest BCUT2D eigenvalue weighted by Crippen LogP contribution is -2.24. The number of para-hydroxylation sites is 2. The number of nitrogens with zero attached hydrogens (tertiary/aromatic N) is 1. The molecule has 0 heterocycles. The lowest BCUT2D eigenvalue weighted by molar-refractivity contribution is -0.135. The van der Waals surface area contributed by atoms with Crippen molar-refractivity contribution < 1.29 is 14.6 Å². The Morgan fingerprint density at radius 2 is 1.38 bits per heavy atom. The fourth-order valence-corrected chi connectivity index (χ4v) is 3.38. The summed E-state index contributed by atoms with van der Waals surface area (Å²) < 4.78 is 5.91. The molecule has 0 bridgehead atoms. The highest BCUT2D eigenvalue weighted by Gasteiger charge is 2.12. The number of hydrogen-bond donors (Lipinski definition) is 2. The van der Waals surface area contributed by atoms with Crippen LogP contribution in [0.1, 0.15) is 5.56 Å². The van der Waals surface area contributed by atoms with E-state index in [1.807, 2.05) is 109 Å². The summed E-state index contributed by atoms with van der Waals surface area (Å²) in [6.45, 7) is 0.536. The quantitative estimate of drug-likeness (QED) is 0.329. The second-order valence-corrected chi connectivity index (χ2v) is 7.28. The standard InChI is InChI=1S/C27H24N2O3/c30-27(31)20-29(23-9-3-1-4-10-23)24-16-14-22(15-17-24)28-19-21-8-7-13-26(18-21)32-25-11-5-2-6-12-25/h1-18,28H,19-20H2,(H,30,31). The highest BCUT2D eigenvalue weighted by molar-refractivity contribution is 5.79. The Kier molecular flexibility index (Phi) is 6.68. The van der Waals surface area contributed by atoms with Crippen LogP contribution in [0.3, 0.4) is 0 Å². The number of carbonyl (C=O) groups is 1. The van der Waals surface area contributed by atoms with Crippen LogP contribution in [0.4, 0.5) is 17.1 Å². The van der Waals surface area contributed by atoms with Crippen molar-refractivity contribution in [3.05, 3.63) is 115 Å². The van der Waals surface area contributed by atoms with E-state index in [9.17, 15) is 9.90 Å². The second-order valence-electron chi connectivity index (χ2n) is 7.28. The van der Waals surface area contributed by atoms with Gasteiger partial charge in [-0.3, -0.25) is 4.79 Å². The zero-order valence-electron chi connectivity index (χ0n) is 17.5. The molecule has 4 rings (SSSR count). The summed E-state index contributed by atoms with van der Waals surface area (Å²) in [5, 5.41) is 12.7. The number of rotatable bonds is 9. The maximum absolute atomic E-state index is 11.4. The Balaban J connectivity index is 1.41. The van der Waals surface area contributed by atoms with E-state index in [1.54, 1.807) is 4.90 Å². The molecule has 4 aromatic carbocycles. The smallest absolute Gasteiger partial charge is 0.323 e. The van der Waals surface area contributed by atoms with Crippen LogP contribution >= 0.6 is 0 Å². The lowest BCUT2D eigenvalue weighted by Gasteiger charge is -2.23. The van der Waals surface area contributed by atoms with Gasteiger partial charge in [0, 0.05) is 23.6 Å². The molecule has 0 aliphatic heterocycles. The Hall–Kier alpha value is -4.25. The van der Waals surface area contributed by atoms with Crippen LogP contribution in [0.15, 0.2) is 109 Å². The molecular formula is C27H24N2O3. The van der Waals surface area contributed by atoms with Crippen molar-refractivity contribution in [1.29, 1.82) is 0 Å². The monoisotopic (exact) mass is 424 g/mol. The minimum Gasteiger partial charge on any atom is -0.480 e. The first-order valence-corrected chi connectivity index (χ1v) is 10.4. The molecule has 0 amide bonds. The first-order valence-electron chi connectivity index (χ1n) is 10.4. The molecule has 0 spiro atoms. The third-order valence-electron chi connectivity index (χ3n) is 4.91. The Morgan fingerprint density at radius 3 is 2.06 bits per heavy atom. The zero-order chi connectivity index (χ0) is 22.2. The number of anilines is 3. The molecule has 0 saturated heterocycles. The summed E-state index contributed by atoms with van der Waals surface area (Å²) in [6.07, 6.45) is 0. The first kappa shape index (κ1) is 21.0. The van der Waals surface area contributed by atoms with Gasteiger partial charge in [0.15, 0.2) is 0 Å². The molecular weight excluding hydrogens is 400 g/mol. The van der Waals surface area contributed by atoms with Gasteiger partial charge in [-0.25, -0.2) is 0 Å². The fourth-order valence-electron chi connectivity index (χ4n) is 3.38. The van der Waals surface area contributed by atoms with E-state index in [4.69, 9.17) is 4.74 Å². The highest BCUT2D eigenvalue weighted by atomic mass is 16.5. The van der Waals surface area contributed by atoms with Crippen LogP contribution in [0, 0.1) is 0 Å². The van der Waals surface area contributed by atoms with Crippen LogP contribution in [0.5, 0.6) is 11.5 Å². The van der Waals surface area contributed by atoms with Crippen LogP contribution in [0.2, 0.25) is 0 Å². The minimum atomic E-state index is -0.881.